The Bertz CT molecular complexity index is 719. The molecule has 0 heterocycles. The van der Waals surface area contributed by atoms with Crippen LogP contribution in [0.2, 0.25) is 0 Å². The van der Waals surface area contributed by atoms with Gasteiger partial charge in [-0.2, -0.15) is 0 Å². The van der Waals surface area contributed by atoms with E-state index in [1.54, 1.807) is 0 Å². The predicted octanol–water partition coefficient (Wildman–Crippen LogP) is 11.4. The van der Waals surface area contributed by atoms with Gasteiger partial charge in [0.1, 0.15) is 0 Å². The van der Waals surface area contributed by atoms with Crippen molar-refractivity contribution in [2.24, 2.45) is 31.8 Å². The molecule has 1 aliphatic rings. The molecule has 0 aromatic heterocycles. The van der Waals surface area contributed by atoms with Crippen molar-refractivity contribution in [3.05, 3.63) is 48.2 Å². The van der Waals surface area contributed by atoms with Crippen molar-refractivity contribution in [2.45, 2.75) is 110 Å². The Balaban J connectivity index is 0. The largest absolute Gasteiger partial charge is 0.272 e. The first-order chi connectivity index (χ1) is 14.9. The summed E-state index contributed by atoms with van der Waals surface area (Å²) in [7, 11) is -1.39. The van der Waals surface area contributed by atoms with Gasteiger partial charge in [-0.3, -0.25) is 4.74 Å². The van der Waals surface area contributed by atoms with Crippen molar-refractivity contribution in [3.63, 3.8) is 0 Å². The number of nitrogens with zero attached hydrogens (tertiary/aromatic N) is 1. The van der Waals surface area contributed by atoms with Crippen molar-refractivity contribution in [1.82, 2.24) is 0 Å². The molecular formula is C32H60NPTi. The van der Waals surface area contributed by atoms with Crippen LogP contribution in [0.25, 0.3) is 0 Å². The van der Waals surface area contributed by atoms with Crippen molar-refractivity contribution in [3.8, 4) is 0 Å². The molecule has 0 unspecified atom stereocenters. The van der Waals surface area contributed by atoms with E-state index in [-0.39, 0.29) is 21.7 Å². The van der Waals surface area contributed by atoms with Gasteiger partial charge >= 0.3 is 0 Å². The first-order valence-corrected chi connectivity index (χ1v) is 15.5. The van der Waals surface area contributed by atoms with Crippen LogP contribution in [0.4, 0.5) is 0 Å². The zero-order valence-corrected chi connectivity index (χ0v) is 28.7. The molecule has 0 atom stereocenters. The molecular weight excluding hydrogens is 477 g/mol. The molecule has 202 valence electrons. The van der Waals surface area contributed by atoms with E-state index in [1.165, 1.54) is 24.2 Å². The van der Waals surface area contributed by atoms with Crippen LogP contribution in [0.5, 0.6) is 0 Å². The van der Waals surface area contributed by atoms with Crippen LogP contribution in [-0.2, 0) is 21.7 Å². The van der Waals surface area contributed by atoms with Crippen LogP contribution in [0.15, 0.2) is 53.0 Å². The van der Waals surface area contributed by atoms with Crippen molar-refractivity contribution in [2.75, 3.05) is 18.5 Å². The Hall–Kier alpha value is -0.0957. The second kappa shape index (κ2) is 14.2. The van der Waals surface area contributed by atoms with Gasteiger partial charge in [0, 0.05) is 33.8 Å². The average molecular weight is 538 g/mol. The predicted molar refractivity (Wildman–Crippen MR) is 161 cm³/mol. The maximum Gasteiger partial charge on any atom is 0.0425 e. The van der Waals surface area contributed by atoms with Gasteiger partial charge in [0.25, 0.3) is 0 Å². The summed E-state index contributed by atoms with van der Waals surface area (Å²) in [6.45, 7) is 34.6. The molecule has 0 N–H and O–H groups in total. The molecule has 0 radical (unpaired) electrons. The first kappa shape index (κ1) is 37.1. The molecule has 0 aromatic rings. The van der Waals surface area contributed by atoms with E-state index in [9.17, 15) is 0 Å². The molecule has 0 saturated heterocycles. The van der Waals surface area contributed by atoms with E-state index in [0.717, 1.165) is 6.42 Å². The SMILES string of the molecule is CC(C)(C)C=CC=CC(C)(C)C.CC(C)(C)CP(CC(C)(C)C)(CC(C)(C)C)=NC1=CC=CC1.[Ti]. The summed E-state index contributed by atoms with van der Waals surface area (Å²) in [6, 6.07) is 0. The van der Waals surface area contributed by atoms with E-state index >= 15 is 0 Å². The van der Waals surface area contributed by atoms with E-state index in [1.807, 2.05) is 0 Å². The van der Waals surface area contributed by atoms with E-state index in [4.69, 9.17) is 4.74 Å². The smallest absolute Gasteiger partial charge is 0.0425 e. The third-order valence-electron chi connectivity index (χ3n) is 4.70. The average Bonchev–Trinajstić information content (AvgIpc) is 2.97. The summed E-state index contributed by atoms with van der Waals surface area (Å²) in [5.74, 6) is 0. The van der Waals surface area contributed by atoms with Crippen LogP contribution >= 0.6 is 7.05 Å². The molecule has 0 saturated carbocycles. The maximum atomic E-state index is 5.47. The van der Waals surface area contributed by atoms with Crippen molar-refractivity contribution < 1.29 is 21.7 Å². The van der Waals surface area contributed by atoms with Gasteiger partial charge < -0.3 is 0 Å². The molecule has 0 amide bonds. The molecule has 0 aliphatic heterocycles. The van der Waals surface area contributed by atoms with Gasteiger partial charge in [0.2, 0.25) is 0 Å². The van der Waals surface area contributed by atoms with Crippen LogP contribution in [0.1, 0.15) is 110 Å². The number of hydrogen-bond donors (Lipinski definition) is 0. The molecule has 3 heteroatoms. The molecule has 1 rings (SSSR count). The van der Waals surface area contributed by atoms with Gasteiger partial charge in [0.15, 0.2) is 0 Å². The van der Waals surface area contributed by atoms with E-state index in [0.29, 0.717) is 27.1 Å². The zero-order valence-electron chi connectivity index (χ0n) is 26.3. The number of rotatable bonds is 5. The minimum Gasteiger partial charge on any atom is -0.272 e. The van der Waals surface area contributed by atoms with Gasteiger partial charge in [-0.15, -0.1) is 0 Å². The Labute approximate surface area is 236 Å². The molecule has 0 fully saturated rings. The maximum absolute atomic E-state index is 5.47. The Morgan fingerprint density at radius 3 is 1.23 bits per heavy atom. The topological polar surface area (TPSA) is 12.4 Å². The van der Waals surface area contributed by atoms with E-state index in [2.05, 4.69) is 146 Å². The summed E-state index contributed by atoms with van der Waals surface area (Å²) < 4.78 is 5.47. The third-order valence-corrected chi connectivity index (χ3v) is 9.99. The summed E-state index contributed by atoms with van der Waals surface area (Å²) >= 11 is 0. The minimum atomic E-state index is -1.39. The summed E-state index contributed by atoms with van der Waals surface area (Å²) in [5, 5.41) is 0. The Morgan fingerprint density at radius 1 is 0.657 bits per heavy atom. The fourth-order valence-corrected chi connectivity index (χ4v) is 10.9. The van der Waals surface area contributed by atoms with Gasteiger partial charge in [-0.05, 0) is 58.7 Å². The van der Waals surface area contributed by atoms with Crippen molar-refractivity contribution in [1.29, 1.82) is 0 Å². The van der Waals surface area contributed by atoms with Crippen LogP contribution in [-0.4, -0.2) is 18.5 Å². The normalized spacial score (nSPS) is 15.7. The number of hydrogen-bond acceptors (Lipinski definition) is 1. The zero-order chi connectivity index (χ0) is 27.1. The van der Waals surface area contributed by atoms with Crippen LogP contribution in [0.3, 0.4) is 0 Å². The molecule has 35 heavy (non-hydrogen) atoms. The monoisotopic (exact) mass is 537 g/mol. The summed E-state index contributed by atoms with van der Waals surface area (Å²) in [4.78, 5) is 0. The molecule has 0 bridgehead atoms. The Kier molecular flexibility index (Phi) is 15.0. The van der Waals surface area contributed by atoms with Crippen LogP contribution in [0, 0.1) is 27.1 Å². The fraction of sp³-hybridized carbons (Fsp3) is 0.750. The van der Waals surface area contributed by atoms with Gasteiger partial charge in [-0.25, -0.2) is 0 Å². The standard InChI is InChI=1S/C20H38NP.C12H22.Ti/c1-18(2,3)14-22(15-19(4,5)6,16-20(7,8)9)21-17-12-10-11-13-17;1-11(2,3)9-7-8-10-12(4,5)6;/h10-12H,13-16H2,1-9H3;7-10H,1-6H3;. The van der Waals surface area contributed by atoms with Gasteiger partial charge in [-0.1, -0.05) is 140 Å². The molecule has 0 spiro atoms. The summed E-state index contributed by atoms with van der Waals surface area (Å²) in [5.41, 5.74) is 2.90. The second-order valence-corrected chi connectivity index (χ2v) is 19.4. The molecule has 0 aromatic carbocycles. The van der Waals surface area contributed by atoms with Crippen molar-refractivity contribution >= 4 is 7.05 Å². The summed E-state index contributed by atoms with van der Waals surface area (Å²) in [6.07, 6.45) is 20.1. The third kappa shape index (κ3) is 22.8. The number of allylic oxidation sites excluding steroid dienone is 7. The molecule has 1 aliphatic carbocycles. The molecule has 1 nitrogen and oxygen atoms in total. The quantitative estimate of drug-likeness (QED) is 0.188. The second-order valence-electron chi connectivity index (χ2n) is 16.1. The van der Waals surface area contributed by atoms with Gasteiger partial charge in [0.05, 0.1) is 0 Å². The fourth-order valence-electron chi connectivity index (χ4n) is 4.39. The van der Waals surface area contributed by atoms with Crippen LogP contribution < -0.4 is 0 Å². The van der Waals surface area contributed by atoms with E-state index < -0.39 is 7.05 Å². The Morgan fingerprint density at radius 2 is 1.00 bits per heavy atom. The minimum absolute atomic E-state index is 0. The first-order valence-electron chi connectivity index (χ1n) is 13.2.